The van der Waals surface area contributed by atoms with Gasteiger partial charge in [-0.05, 0) is 36.8 Å². The van der Waals surface area contributed by atoms with Gasteiger partial charge in [0.05, 0.1) is 6.61 Å². The van der Waals surface area contributed by atoms with Gasteiger partial charge in [0.25, 0.3) is 0 Å². The van der Waals surface area contributed by atoms with E-state index in [9.17, 15) is 12.8 Å². The third-order valence-electron chi connectivity index (χ3n) is 3.29. The summed E-state index contributed by atoms with van der Waals surface area (Å²) in [5, 5.41) is 8.98. The maximum atomic E-state index is 13.6. The fourth-order valence-electron chi connectivity index (χ4n) is 1.75. The Bertz CT molecular complexity index is 570. The molecule has 19 heavy (non-hydrogen) atoms. The number of benzene rings is 1. The Morgan fingerprint density at radius 3 is 2.68 bits per heavy atom. The van der Waals surface area contributed by atoms with Crippen LogP contribution in [0.25, 0.3) is 0 Å². The molecule has 2 rings (SSSR count). The average molecular weight is 305 g/mol. The Labute approximate surface area is 116 Å². The van der Waals surface area contributed by atoms with E-state index >= 15 is 0 Å². The third-order valence-corrected chi connectivity index (χ3v) is 6.13. The highest BCUT2D eigenvalue weighted by Crippen LogP contribution is 2.46. The molecule has 2 N–H and O–H groups in total. The van der Waals surface area contributed by atoms with Crippen LogP contribution in [-0.4, -0.2) is 31.1 Å². The normalized spacial score (nSPS) is 17.4. The molecular weight excluding hydrogens is 289 g/mol. The van der Waals surface area contributed by atoms with E-state index in [1.165, 1.54) is 6.07 Å². The van der Waals surface area contributed by atoms with Gasteiger partial charge >= 0.3 is 0 Å². The van der Waals surface area contributed by atoms with Crippen molar-refractivity contribution in [1.82, 2.24) is 4.72 Å². The highest BCUT2D eigenvalue weighted by molar-refractivity contribution is 8.00. The van der Waals surface area contributed by atoms with Crippen LogP contribution in [0.5, 0.6) is 0 Å². The van der Waals surface area contributed by atoms with E-state index in [1.54, 1.807) is 11.8 Å². The molecule has 1 aliphatic rings. The second-order valence-corrected chi connectivity index (χ2v) is 7.64. The lowest BCUT2D eigenvalue weighted by atomic mass is 10.2. The average Bonchev–Trinajstić information content (AvgIpc) is 3.18. The van der Waals surface area contributed by atoms with Gasteiger partial charge in [-0.1, -0.05) is 6.07 Å². The van der Waals surface area contributed by atoms with Gasteiger partial charge in [-0.3, -0.25) is 0 Å². The molecule has 0 amide bonds. The van der Waals surface area contributed by atoms with Crippen molar-refractivity contribution in [2.75, 3.05) is 12.8 Å². The molecule has 0 unspecified atom stereocenters. The second-order valence-electron chi connectivity index (χ2n) is 4.63. The van der Waals surface area contributed by atoms with Crippen molar-refractivity contribution < 1.29 is 17.9 Å². The summed E-state index contributed by atoms with van der Waals surface area (Å²) in [4.78, 5) is -0.407. The smallest absolute Gasteiger partial charge is 0.243 e. The van der Waals surface area contributed by atoms with E-state index < -0.39 is 20.7 Å². The highest BCUT2D eigenvalue weighted by atomic mass is 32.2. The molecule has 106 valence electrons. The second kappa shape index (κ2) is 5.40. The molecule has 0 atom stereocenters. The van der Waals surface area contributed by atoms with Crippen LogP contribution in [0.1, 0.15) is 18.4 Å². The topological polar surface area (TPSA) is 66.4 Å². The number of hydrogen-bond acceptors (Lipinski definition) is 4. The van der Waals surface area contributed by atoms with Crippen LogP contribution in [0.3, 0.4) is 0 Å². The molecule has 0 aliphatic heterocycles. The van der Waals surface area contributed by atoms with E-state index in [4.69, 9.17) is 5.11 Å². The minimum atomic E-state index is -3.88. The zero-order chi connectivity index (χ0) is 14.1. The van der Waals surface area contributed by atoms with Gasteiger partial charge in [-0.15, -0.1) is 0 Å². The molecule has 0 bridgehead atoms. The highest BCUT2D eigenvalue weighted by Gasteiger charge is 2.42. The van der Waals surface area contributed by atoms with Crippen molar-refractivity contribution in [3.63, 3.8) is 0 Å². The Morgan fingerprint density at radius 1 is 1.47 bits per heavy atom. The van der Waals surface area contributed by atoms with Crippen LogP contribution in [0.15, 0.2) is 23.1 Å². The number of halogens is 1. The van der Waals surface area contributed by atoms with Crippen molar-refractivity contribution in [1.29, 1.82) is 0 Å². The van der Waals surface area contributed by atoms with Crippen LogP contribution in [0.4, 0.5) is 4.39 Å². The van der Waals surface area contributed by atoms with Gasteiger partial charge in [0, 0.05) is 11.3 Å². The lowest BCUT2D eigenvalue weighted by Gasteiger charge is -2.14. The summed E-state index contributed by atoms with van der Waals surface area (Å²) in [7, 11) is -3.88. The minimum Gasteiger partial charge on any atom is -0.392 e. The maximum absolute atomic E-state index is 13.6. The lowest BCUT2D eigenvalue weighted by Crippen LogP contribution is -2.32. The molecule has 4 nitrogen and oxygen atoms in total. The van der Waals surface area contributed by atoms with E-state index in [-0.39, 0.29) is 11.4 Å². The predicted molar refractivity (Wildman–Crippen MR) is 73.0 cm³/mol. The molecular formula is C12H16FNO3S2. The van der Waals surface area contributed by atoms with Crippen LogP contribution in [0.2, 0.25) is 0 Å². The quantitative estimate of drug-likeness (QED) is 0.836. The van der Waals surface area contributed by atoms with Gasteiger partial charge in [-0.25, -0.2) is 17.5 Å². The maximum Gasteiger partial charge on any atom is 0.243 e. The van der Waals surface area contributed by atoms with Crippen LogP contribution >= 0.6 is 11.8 Å². The molecule has 0 aromatic heterocycles. The number of thioether (sulfide) groups is 1. The first-order valence-electron chi connectivity index (χ1n) is 5.86. The summed E-state index contributed by atoms with van der Waals surface area (Å²) < 4.78 is 40.2. The zero-order valence-electron chi connectivity index (χ0n) is 10.5. The van der Waals surface area contributed by atoms with Gasteiger partial charge in [0.2, 0.25) is 10.0 Å². The monoisotopic (exact) mass is 305 g/mol. The molecule has 1 aromatic rings. The summed E-state index contributed by atoms with van der Waals surface area (Å²) in [6.45, 7) is -0.0170. The number of aliphatic hydroxyl groups excluding tert-OH is 1. The van der Waals surface area contributed by atoms with E-state index in [0.29, 0.717) is 12.1 Å². The number of sulfonamides is 1. The van der Waals surface area contributed by atoms with Crippen molar-refractivity contribution in [3.8, 4) is 0 Å². The molecule has 1 aromatic carbocycles. The molecule has 0 saturated heterocycles. The number of aliphatic hydroxyl groups is 1. The summed E-state index contributed by atoms with van der Waals surface area (Å²) in [5.41, 5.74) is 0.368. The molecule has 0 heterocycles. The summed E-state index contributed by atoms with van der Waals surface area (Å²) in [5.74, 6) is -0.807. The Morgan fingerprint density at radius 2 is 2.16 bits per heavy atom. The van der Waals surface area contributed by atoms with Crippen LogP contribution in [0, 0.1) is 5.82 Å². The van der Waals surface area contributed by atoms with Gasteiger partial charge in [-0.2, -0.15) is 11.8 Å². The van der Waals surface area contributed by atoms with Gasteiger partial charge in [0.1, 0.15) is 10.7 Å². The molecule has 1 saturated carbocycles. The lowest BCUT2D eigenvalue weighted by molar-refractivity contribution is 0.281. The van der Waals surface area contributed by atoms with Crippen LogP contribution < -0.4 is 4.72 Å². The Hall–Kier alpha value is -0.630. The summed E-state index contributed by atoms with van der Waals surface area (Å²) in [6, 6.07) is 3.58. The number of nitrogens with one attached hydrogen (secondary N) is 1. The predicted octanol–water partition coefficient (Wildman–Crippen LogP) is 1.49. The summed E-state index contributed by atoms with van der Waals surface area (Å²) in [6.07, 6.45) is 3.87. The first-order valence-corrected chi connectivity index (χ1v) is 8.57. The van der Waals surface area contributed by atoms with E-state index in [2.05, 4.69) is 4.72 Å². The standard InChI is InChI=1S/C12H16FNO3S2/c1-18-12(4-5-12)8-14-19(16,17)11-6-9(7-15)2-3-10(11)13/h2-3,6,14-15H,4-5,7-8H2,1H3. The molecule has 0 radical (unpaired) electrons. The third kappa shape index (κ3) is 3.28. The summed E-state index contributed by atoms with van der Waals surface area (Å²) >= 11 is 1.63. The fraction of sp³-hybridized carbons (Fsp3) is 0.500. The first-order chi connectivity index (χ1) is 8.92. The molecule has 1 fully saturated rings. The van der Waals surface area contributed by atoms with E-state index in [1.807, 2.05) is 6.26 Å². The van der Waals surface area contributed by atoms with Crippen molar-refractivity contribution in [2.45, 2.75) is 29.1 Å². The Balaban J connectivity index is 2.19. The van der Waals surface area contributed by atoms with Gasteiger partial charge in [0.15, 0.2) is 0 Å². The van der Waals surface area contributed by atoms with Gasteiger partial charge < -0.3 is 5.11 Å². The molecule has 0 spiro atoms. The van der Waals surface area contributed by atoms with Crippen LogP contribution in [-0.2, 0) is 16.6 Å². The zero-order valence-corrected chi connectivity index (χ0v) is 12.2. The van der Waals surface area contributed by atoms with Crippen molar-refractivity contribution in [2.24, 2.45) is 0 Å². The Kier molecular flexibility index (Phi) is 4.20. The largest absolute Gasteiger partial charge is 0.392 e. The number of hydrogen-bond donors (Lipinski definition) is 2. The van der Waals surface area contributed by atoms with Crippen molar-refractivity contribution in [3.05, 3.63) is 29.6 Å². The number of rotatable bonds is 6. The van der Waals surface area contributed by atoms with Crippen molar-refractivity contribution >= 4 is 21.8 Å². The molecule has 1 aliphatic carbocycles. The molecule has 7 heteroatoms. The van der Waals surface area contributed by atoms with E-state index in [0.717, 1.165) is 25.0 Å². The minimum absolute atomic E-state index is 0.0296. The first kappa shape index (κ1) is 14.8. The fourth-order valence-corrected chi connectivity index (χ4v) is 3.82. The SMILES string of the molecule is CSC1(CNS(=O)(=O)c2cc(CO)ccc2F)CC1.